The Bertz CT molecular complexity index is 933. The molecule has 9 heteroatoms. The van der Waals surface area contributed by atoms with Gasteiger partial charge in [-0.15, -0.1) is 11.3 Å². The third-order valence-electron chi connectivity index (χ3n) is 3.02. The molecule has 3 rings (SSSR count). The van der Waals surface area contributed by atoms with Crippen LogP contribution in [-0.2, 0) is 9.63 Å². The molecular formula is C16H10ClN3O4S. The van der Waals surface area contributed by atoms with Crippen LogP contribution in [0.1, 0.15) is 15.6 Å². The maximum absolute atomic E-state index is 11.7. The Morgan fingerprint density at radius 3 is 2.64 bits per heavy atom. The second-order valence-corrected chi connectivity index (χ2v) is 6.00. The highest BCUT2D eigenvalue weighted by molar-refractivity contribution is 7.13. The van der Waals surface area contributed by atoms with Crippen LogP contribution in [-0.4, -0.2) is 22.6 Å². The zero-order valence-electron chi connectivity index (χ0n) is 12.5. The number of carbonyl (C=O) groups excluding carboxylic acids is 2. The fourth-order valence-corrected chi connectivity index (χ4v) is 2.79. The fraction of sp³-hybridized carbons (Fsp3) is 0. The first-order valence-corrected chi connectivity index (χ1v) is 8.15. The first kappa shape index (κ1) is 16.9. The summed E-state index contributed by atoms with van der Waals surface area (Å²) < 4.78 is 4.88. The minimum absolute atomic E-state index is 0.0476. The number of primary amides is 1. The molecule has 126 valence electrons. The molecule has 0 aliphatic heterocycles. The summed E-state index contributed by atoms with van der Waals surface area (Å²) in [7, 11) is 0. The average Bonchev–Trinajstić information content (AvgIpc) is 3.27. The largest absolute Gasteiger partial charge is 0.457 e. The molecule has 0 aliphatic carbocycles. The first-order valence-electron chi connectivity index (χ1n) is 6.89. The van der Waals surface area contributed by atoms with Crippen molar-refractivity contribution in [3.05, 3.63) is 63.8 Å². The number of nitrogens with zero attached hydrogens (tertiary/aromatic N) is 2. The van der Waals surface area contributed by atoms with Crippen molar-refractivity contribution in [2.45, 2.75) is 0 Å². The summed E-state index contributed by atoms with van der Waals surface area (Å²) in [6.45, 7) is 0. The van der Waals surface area contributed by atoms with E-state index in [0.717, 1.165) is 16.9 Å². The van der Waals surface area contributed by atoms with Gasteiger partial charge < -0.3 is 15.0 Å². The summed E-state index contributed by atoms with van der Waals surface area (Å²) in [6.07, 6.45) is 1.31. The average molecular weight is 376 g/mol. The molecule has 0 radical (unpaired) electrons. The third-order valence-corrected chi connectivity index (χ3v) is 4.12. The lowest BCUT2D eigenvalue weighted by Gasteiger charge is -1.99. The molecule has 0 bridgehead atoms. The van der Waals surface area contributed by atoms with Crippen LogP contribution in [0.5, 0.6) is 0 Å². The molecule has 0 spiro atoms. The molecule has 0 saturated heterocycles. The second kappa shape index (κ2) is 7.29. The number of rotatable bonds is 5. The number of halogens is 1. The Morgan fingerprint density at radius 1 is 1.24 bits per heavy atom. The van der Waals surface area contributed by atoms with Gasteiger partial charge in [-0.3, -0.25) is 4.79 Å². The predicted octanol–water partition coefficient (Wildman–Crippen LogP) is 3.10. The molecule has 25 heavy (non-hydrogen) atoms. The fourth-order valence-electron chi connectivity index (χ4n) is 1.85. The Labute approximate surface area is 150 Å². The van der Waals surface area contributed by atoms with Gasteiger partial charge in [0.15, 0.2) is 5.01 Å². The highest BCUT2D eigenvalue weighted by Gasteiger charge is 2.19. The Kier molecular flexibility index (Phi) is 4.92. The lowest BCUT2D eigenvalue weighted by Crippen LogP contribution is -2.25. The minimum Gasteiger partial charge on any atom is -0.457 e. The van der Waals surface area contributed by atoms with E-state index in [1.54, 1.807) is 29.6 Å². The van der Waals surface area contributed by atoms with Crippen molar-refractivity contribution in [3.63, 3.8) is 0 Å². The number of thiazole rings is 1. The van der Waals surface area contributed by atoms with Crippen molar-refractivity contribution in [1.29, 1.82) is 0 Å². The number of oxime groups is 1. The topological polar surface area (TPSA) is 108 Å². The molecule has 2 aromatic heterocycles. The van der Waals surface area contributed by atoms with Crippen molar-refractivity contribution in [1.82, 2.24) is 4.98 Å². The van der Waals surface area contributed by atoms with Gasteiger partial charge in [0.05, 0.1) is 12.0 Å². The highest BCUT2D eigenvalue weighted by atomic mass is 35.5. The smallest absolute Gasteiger partial charge is 0.400 e. The van der Waals surface area contributed by atoms with Crippen LogP contribution in [0.2, 0.25) is 5.02 Å². The van der Waals surface area contributed by atoms with Crippen LogP contribution in [0, 0.1) is 0 Å². The summed E-state index contributed by atoms with van der Waals surface area (Å²) in [4.78, 5) is 32.3. The molecule has 0 atom stereocenters. The molecular weight excluding hydrogens is 366 g/mol. The van der Waals surface area contributed by atoms with Crippen molar-refractivity contribution in [3.8, 4) is 11.3 Å². The first-order chi connectivity index (χ1) is 12.0. The SMILES string of the molecule is NC(=O)/C(=N/OC(=O)c1ccco1)c1nc(-c2ccc(Cl)cc2)cs1. The number of aromatic nitrogens is 1. The number of hydrogen-bond acceptors (Lipinski definition) is 7. The lowest BCUT2D eigenvalue weighted by atomic mass is 10.2. The van der Waals surface area contributed by atoms with E-state index in [1.807, 2.05) is 0 Å². The van der Waals surface area contributed by atoms with Gasteiger partial charge >= 0.3 is 5.97 Å². The number of benzene rings is 1. The van der Waals surface area contributed by atoms with Gasteiger partial charge in [0.25, 0.3) is 5.91 Å². The molecule has 1 aromatic carbocycles. The zero-order chi connectivity index (χ0) is 17.8. The van der Waals surface area contributed by atoms with E-state index in [0.29, 0.717) is 10.7 Å². The van der Waals surface area contributed by atoms with Gasteiger partial charge in [-0.25, -0.2) is 9.78 Å². The summed E-state index contributed by atoms with van der Waals surface area (Å²) in [5, 5.41) is 6.08. The minimum atomic E-state index is -0.871. The molecule has 0 fully saturated rings. The summed E-state index contributed by atoms with van der Waals surface area (Å²) >= 11 is 7.00. The van der Waals surface area contributed by atoms with E-state index in [2.05, 4.69) is 10.1 Å². The molecule has 3 aromatic rings. The van der Waals surface area contributed by atoms with Gasteiger partial charge in [-0.2, -0.15) is 0 Å². The van der Waals surface area contributed by atoms with E-state index in [4.69, 9.17) is 26.6 Å². The number of hydrogen-bond donors (Lipinski definition) is 1. The van der Waals surface area contributed by atoms with Gasteiger partial charge in [0, 0.05) is 16.0 Å². The Hall–Kier alpha value is -2.97. The number of amides is 1. The van der Waals surface area contributed by atoms with Crippen molar-refractivity contribution in [2.75, 3.05) is 0 Å². The van der Waals surface area contributed by atoms with E-state index in [9.17, 15) is 9.59 Å². The van der Waals surface area contributed by atoms with Crippen LogP contribution >= 0.6 is 22.9 Å². The van der Waals surface area contributed by atoms with Gasteiger partial charge in [0.1, 0.15) is 0 Å². The second-order valence-electron chi connectivity index (χ2n) is 4.70. The number of furan rings is 1. The number of carbonyl (C=O) groups is 2. The van der Waals surface area contributed by atoms with E-state index >= 15 is 0 Å². The van der Waals surface area contributed by atoms with E-state index in [-0.39, 0.29) is 16.5 Å². The van der Waals surface area contributed by atoms with Crippen LogP contribution in [0.15, 0.2) is 57.6 Å². The van der Waals surface area contributed by atoms with Gasteiger partial charge in [-0.05, 0) is 24.3 Å². The number of nitrogens with two attached hydrogens (primary N) is 1. The lowest BCUT2D eigenvalue weighted by molar-refractivity contribution is -0.112. The van der Waals surface area contributed by atoms with Crippen LogP contribution in [0.25, 0.3) is 11.3 Å². The molecule has 0 aliphatic rings. The molecule has 1 amide bonds. The standard InChI is InChI=1S/C16H10ClN3O4S/c17-10-5-3-9(4-6-10)11-8-25-15(19-11)13(14(18)21)20-24-16(22)12-2-1-7-23-12/h1-8H,(H2,18,21)/b20-13-. The van der Waals surface area contributed by atoms with Gasteiger partial charge in [-0.1, -0.05) is 28.9 Å². The molecule has 2 N–H and O–H groups in total. The normalized spacial score (nSPS) is 11.3. The summed E-state index contributed by atoms with van der Waals surface area (Å²) in [5.41, 5.74) is 6.47. The van der Waals surface area contributed by atoms with Crippen molar-refractivity contribution in [2.24, 2.45) is 10.9 Å². The summed E-state index contributed by atoms with van der Waals surface area (Å²) in [5.74, 6) is -1.77. The maximum Gasteiger partial charge on any atom is 0.400 e. The van der Waals surface area contributed by atoms with Gasteiger partial charge in [0.2, 0.25) is 11.5 Å². The maximum atomic E-state index is 11.7. The van der Waals surface area contributed by atoms with E-state index < -0.39 is 11.9 Å². The van der Waals surface area contributed by atoms with E-state index in [1.165, 1.54) is 18.4 Å². The van der Waals surface area contributed by atoms with Crippen molar-refractivity contribution >= 4 is 40.5 Å². The predicted molar refractivity (Wildman–Crippen MR) is 92.4 cm³/mol. The highest BCUT2D eigenvalue weighted by Crippen LogP contribution is 2.24. The van der Waals surface area contributed by atoms with Crippen LogP contribution in [0.3, 0.4) is 0 Å². The van der Waals surface area contributed by atoms with Crippen LogP contribution in [0.4, 0.5) is 0 Å². The van der Waals surface area contributed by atoms with Crippen LogP contribution < -0.4 is 5.73 Å². The summed E-state index contributed by atoms with van der Waals surface area (Å²) in [6, 6.07) is 9.96. The molecule has 7 nitrogen and oxygen atoms in total. The zero-order valence-corrected chi connectivity index (χ0v) is 14.1. The molecule has 2 heterocycles. The quantitative estimate of drug-likeness (QED) is 0.418. The Morgan fingerprint density at radius 2 is 2.00 bits per heavy atom. The molecule has 0 saturated carbocycles. The molecule has 0 unspecified atom stereocenters. The van der Waals surface area contributed by atoms with Crippen molar-refractivity contribution < 1.29 is 18.8 Å². The monoisotopic (exact) mass is 375 g/mol. The Balaban J connectivity index is 1.84. The third kappa shape index (κ3) is 3.93.